The molecule has 0 radical (unpaired) electrons. The zero-order valence-corrected chi connectivity index (χ0v) is 12.2. The summed E-state index contributed by atoms with van der Waals surface area (Å²) in [6.45, 7) is 5.54. The van der Waals surface area contributed by atoms with Crippen LogP contribution in [0.25, 0.3) is 0 Å². The summed E-state index contributed by atoms with van der Waals surface area (Å²) in [4.78, 5) is 15.8. The van der Waals surface area contributed by atoms with Crippen LogP contribution in [0.2, 0.25) is 0 Å². The zero-order chi connectivity index (χ0) is 14.4. The lowest BCUT2D eigenvalue weighted by Crippen LogP contribution is -2.41. The van der Waals surface area contributed by atoms with E-state index in [1.807, 2.05) is 33.9 Å². The Morgan fingerprint density at radius 2 is 2.00 bits per heavy atom. The quantitative estimate of drug-likeness (QED) is 0.736. The van der Waals surface area contributed by atoms with E-state index < -0.39 is 5.54 Å². The lowest BCUT2D eigenvalue weighted by Gasteiger charge is -2.24. The van der Waals surface area contributed by atoms with E-state index in [4.69, 9.17) is 17.5 Å². The number of carbonyl (C=O) groups excluding carboxylic acids is 1. The van der Waals surface area contributed by atoms with Crippen LogP contribution in [-0.4, -0.2) is 28.5 Å². The van der Waals surface area contributed by atoms with Crippen LogP contribution in [0.15, 0.2) is 18.2 Å². The molecule has 1 saturated heterocycles. The van der Waals surface area contributed by atoms with E-state index in [-0.39, 0.29) is 5.91 Å². The Labute approximate surface area is 118 Å². The molecule has 5 heteroatoms. The summed E-state index contributed by atoms with van der Waals surface area (Å²) < 4.78 is 0. The molecule has 0 unspecified atom stereocenters. The molecule has 0 aromatic heterocycles. The standard InChI is InChI=1S/C14H15N3OS/c1-9-7-11(6-5-10(9)8-15)17-12(18)14(2,3)16(4)13(17)19/h5-7H,1-4H3. The smallest absolute Gasteiger partial charge is 0.258 e. The minimum Gasteiger partial charge on any atom is -0.337 e. The molecule has 4 nitrogen and oxygen atoms in total. The van der Waals surface area contributed by atoms with Gasteiger partial charge in [-0.3, -0.25) is 9.69 Å². The molecule has 19 heavy (non-hydrogen) atoms. The van der Waals surface area contributed by atoms with Gasteiger partial charge >= 0.3 is 0 Å². The van der Waals surface area contributed by atoms with Gasteiger partial charge in [-0.05, 0) is 56.8 Å². The van der Waals surface area contributed by atoms with Crippen molar-refractivity contribution in [1.29, 1.82) is 5.26 Å². The zero-order valence-electron chi connectivity index (χ0n) is 11.4. The van der Waals surface area contributed by atoms with Gasteiger partial charge in [0, 0.05) is 7.05 Å². The monoisotopic (exact) mass is 273 g/mol. The maximum absolute atomic E-state index is 12.4. The summed E-state index contributed by atoms with van der Waals surface area (Å²) in [5, 5.41) is 9.42. The topological polar surface area (TPSA) is 47.3 Å². The third-order valence-corrected chi connectivity index (χ3v) is 4.09. The van der Waals surface area contributed by atoms with Crippen LogP contribution in [0.4, 0.5) is 5.69 Å². The molecule has 0 aliphatic carbocycles. The molecule has 2 rings (SSSR count). The van der Waals surface area contributed by atoms with Gasteiger partial charge < -0.3 is 4.90 Å². The van der Waals surface area contributed by atoms with Crippen molar-refractivity contribution in [3.63, 3.8) is 0 Å². The van der Waals surface area contributed by atoms with E-state index in [1.54, 1.807) is 17.0 Å². The molecule has 1 heterocycles. The molecule has 0 saturated carbocycles. The van der Waals surface area contributed by atoms with Crippen molar-refractivity contribution in [2.75, 3.05) is 11.9 Å². The number of hydrogen-bond donors (Lipinski definition) is 0. The third-order valence-electron chi connectivity index (χ3n) is 3.63. The number of hydrogen-bond acceptors (Lipinski definition) is 3. The number of likely N-dealkylation sites (N-methyl/N-ethyl adjacent to an activating group) is 1. The van der Waals surface area contributed by atoms with Crippen LogP contribution >= 0.6 is 12.2 Å². The minimum absolute atomic E-state index is 0.0518. The Morgan fingerprint density at radius 1 is 1.37 bits per heavy atom. The van der Waals surface area contributed by atoms with E-state index in [0.29, 0.717) is 16.4 Å². The maximum Gasteiger partial charge on any atom is 0.258 e. The van der Waals surface area contributed by atoms with Crippen molar-refractivity contribution in [1.82, 2.24) is 4.90 Å². The first-order valence-corrected chi connectivity index (χ1v) is 6.34. The number of nitrogens with zero attached hydrogens (tertiary/aromatic N) is 3. The number of rotatable bonds is 1. The molecule has 1 amide bonds. The van der Waals surface area contributed by atoms with Gasteiger partial charge in [-0.2, -0.15) is 5.26 Å². The highest BCUT2D eigenvalue weighted by Gasteiger charge is 2.47. The second-order valence-electron chi connectivity index (χ2n) is 5.15. The van der Waals surface area contributed by atoms with Crippen molar-refractivity contribution in [3.8, 4) is 6.07 Å². The summed E-state index contributed by atoms with van der Waals surface area (Å²) in [5.41, 5.74) is 1.51. The normalized spacial score (nSPS) is 17.8. The highest BCUT2D eigenvalue weighted by atomic mass is 32.1. The number of aryl methyl sites for hydroxylation is 1. The average molecular weight is 273 g/mol. The second kappa shape index (κ2) is 4.32. The first-order chi connectivity index (χ1) is 8.80. The van der Waals surface area contributed by atoms with E-state index in [0.717, 1.165) is 5.56 Å². The summed E-state index contributed by atoms with van der Waals surface area (Å²) in [6, 6.07) is 7.40. The summed E-state index contributed by atoms with van der Waals surface area (Å²) in [7, 11) is 1.82. The van der Waals surface area contributed by atoms with Crippen LogP contribution in [0.5, 0.6) is 0 Å². The highest BCUT2D eigenvalue weighted by Crippen LogP contribution is 2.31. The number of carbonyl (C=O) groups is 1. The Balaban J connectivity index is 2.49. The average Bonchev–Trinajstić information content (AvgIpc) is 2.51. The summed E-state index contributed by atoms with van der Waals surface area (Å²) in [5.74, 6) is -0.0518. The van der Waals surface area contributed by atoms with Gasteiger partial charge in [-0.15, -0.1) is 0 Å². The Hall–Kier alpha value is -1.93. The first kappa shape index (κ1) is 13.5. The number of nitriles is 1. The van der Waals surface area contributed by atoms with Crippen molar-refractivity contribution in [3.05, 3.63) is 29.3 Å². The lowest BCUT2D eigenvalue weighted by atomic mass is 10.0. The molecule has 1 fully saturated rings. The van der Waals surface area contributed by atoms with Crippen LogP contribution in [0.1, 0.15) is 25.0 Å². The molecule has 0 N–H and O–H groups in total. The van der Waals surface area contributed by atoms with Gasteiger partial charge in [-0.25, -0.2) is 0 Å². The third kappa shape index (κ3) is 1.89. The molecular weight excluding hydrogens is 258 g/mol. The van der Waals surface area contributed by atoms with Crippen LogP contribution in [-0.2, 0) is 4.79 Å². The van der Waals surface area contributed by atoms with E-state index in [9.17, 15) is 4.79 Å². The van der Waals surface area contributed by atoms with Gasteiger partial charge in [0.1, 0.15) is 5.54 Å². The predicted octanol–water partition coefficient (Wildman–Crippen LogP) is 2.21. The number of benzene rings is 1. The van der Waals surface area contributed by atoms with Gasteiger partial charge in [-0.1, -0.05) is 0 Å². The Kier molecular flexibility index (Phi) is 3.07. The van der Waals surface area contributed by atoms with E-state index in [2.05, 4.69) is 6.07 Å². The van der Waals surface area contributed by atoms with Crippen molar-refractivity contribution >= 4 is 28.9 Å². The van der Waals surface area contributed by atoms with Crippen molar-refractivity contribution in [2.24, 2.45) is 0 Å². The lowest BCUT2D eigenvalue weighted by molar-refractivity contribution is -0.123. The fourth-order valence-corrected chi connectivity index (χ4v) is 2.45. The first-order valence-electron chi connectivity index (χ1n) is 5.94. The van der Waals surface area contributed by atoms with Gasteiger partial charge in [0.15, 0.2) is 5.11 Å². The fraction of sp³-hybridized carbons (Fsp3) is 0.357. The fourth-order valence-electron chi connectivity index (χ4n) is 2.03. The summed E-state index contributed by atoms with van der Waals surface area (Å²) in [6.07, 6.45) is 0. The molecule has 0 spiro atoms. The molecule has 1 aromatic carbocycles. The SMILES string of the molecule is Cc1cc(N2C(=O)C(C)(C)N(C)C2=S)ccc1C#N. The second-order valence-corrected chi connectivity index (χ2v) is 5.52. The molecule has 0 atom stereocenters. The van der Waals surface area contributed by atoms with Gasteiger partial charge in [0.05, 0.1) is 17.3 Å². The number of anilines is 1. The summed E-state index contributed by atoms with van der Waals surface area (Å²) >= 11 is 5.34. The van der Waals surface area contributed by atoms with E-state index >= 15 is 0 Å². The van der Waals surface area contributed by atoms with E-state index in [1.165, 1.54) is 4.90 Å². The van der Waals surface area contributed by atoms with Crippen LogP contribution in [0, 0.1) is 18.3 Å². The van der Waals surface area contributed by atoms with Crippen molar-refractivity contribution in [2.45, 2.75) is 26.3 Å². The Bertz CT molecular complexity index is 616. The molecule has 1 aromatic rings. The highest BCUT2D eigenvalue weighted by molar-refractivity contribution is 7.80. The molecule has 1 aliphatic rings. The van der Waals surface area contributed by atoms with Crippen molar-refractivity contribution < 1.29 is 4.79 Å². The number of thiocarbonyl (C=S) groups is 1. The number of amides is 1. The molecular formula is C14H15N3OS. The minimum atomic E-state index is -0.640. The van der Waals surface area contributed by atoms with Gasteiger partial charge in [0.25, 0.3) is 5.91 Å². The maximum atomic E-state index is 12.4. The van der Waals surface area contributed by atoms with Gasteiger partial charge in [0.2, 0.25) is 0 Å². The molecule has 98 valence electrons. The molecule has 0 bridgehead atoms. The van der Waals surface area contributed by atoms with Crippen LogP contribution < -0.4 is 4.90 Å². The largest absolute Gasteiger partial charge is 0.337 e. The van der Waals surface area contributed by atoms with Crippen LogP contribution in [0.3, 0.4) is 0 Å². The Morgan fingerprint density at radius 3 is 2.42 bits per heavy atom. The predicted molar refractivity (Wildman–Crippen MR) is 77.8 cm³/mol. The molecule has 1 aliphatic heterocycles.